The summed E-state index contributed by atoms with van der Waals surface area (Å²) < 4.78 is 1.70. The van der Waals surface area contributed by atoms with Gasteiger partial charge < -0.3 is 5.73 Å². The number of rotatable bonds is 1. The zero-order valence-electron chi connectivity index (χ0n) is 9.31. The van der Waals surface area contributed by atoms with Gasteiger partial charge in [0.15, 0.2) is 0 Å². The zero-order valence-corrected chi connectivity index (χ0v) is 9.31. The van der Waals surface area contributed by atoms with E-state index in [-0.39, 0.29) is 0 Å². The predicted molar refractivity (Wildman–Crippen MR) is 61.9 cm³/mol. The Morgan fingerprint density at radius 2 is 1.93 bits per heavy atom. The monoisotopic (exact) mass is 204 g/mol. The van der Waals surface area contributed by atoms with Gasteiger partial charge in [-0.2, -0.15) is 5.10 Å². The van der Waals surface area contributed by atoms with E-state index in [1.165, 1.54) is 0 Å². The second kappa shape index (κ2) is 5.14. The van der Waals surface area contributed by atoms with Crippen LogP contribution in [0.1, 0.15) is 19.5 Å². The fourth-order valence-corrected chi connectivity index (χ4v) is 1.08. The molecule has 0 fully saturated rings. The van der Waals surface area contributed by atoms with Crippen molar-refractivity contribution in [1.82, 2.24) is 14.8 Å². The van der Waals surface area contributed by atoms with E-state index in [2.05, 4.69) is 10.1 Å². The molecule has 15 heavy (non-hydrogen) atoms. The van der Waals surface area contributed by atoms with Gasteiger partial charge in [0.2, 0.25) is 0 Å². The molecule has 2 rings (SSSR count). The molecule has 0 aliphatic rings. The highest BCUT2D eigenvalue weighted by molar-refractivity contribution is 5.33. The molecule has 0 aromatic carbocycles. The quantitative estimate of drug-likeness (QED) is 0.774. The molecular weight excluding hydrogens is 188 g/mol. The Morgan fingerprint density at radius 1 is 1.20 bits per heavy atom. The highest BCUT2D eigenvalue weighted by Gasteiger charge is 1.97. The van der Waals surface area contributed by atoms with Gasteiger partial charge >= 0.3 is 0 Å². The van der Waals surface area contributed by atoms with Crippen LogP contribution in [0.4, 0.5) is 5.82 Å². The number of hydrogen-bond acceptors (Lipinski definition) is 3. The molecule has 0 saturated carbocycles. The SMILES string of the molecule is CC.Cc1ccc(-n2ccc(N)n2)cn1. The average Bonchev–Trinajstić information content (AvgIpc) is 2.69. The van der Waals surface area contributed by atoms with Gasteiger partial charge in [-0.25, -0.2) is 4.68 Å². The highest BCUT2D eigenvalue weighted by Crippen LogP contribution is 2.06. The van der Waals surface area contributed by atoms with Crippen LogP contribution in [-0.2, 0) is 0 Å². The number of nitrogens with two attached hydrogens (primary N) is 1. The number of nitrogen functional groups attached to an aromatic ring is 1. The Labute approximate surface area is 89.8 Å². The lowest BCUT2D eigenvalue weighted by atomic mass is 10.3. The van der Waals surface area contributed by atoms with Gasteiger partial charge in [-0.15, -0.1) is 0 Å². The third-order valence-corrected chi connectivity index (χ3v) is 1.77. The normalized spacial score (nSPS) is 9.27. The van der Waals surface area contributed by atoms with Crippen LogP contribution >= 0.6 is 0 Å². The minimum absolute atomic E-state index is 0.514. The lowest BCUT2D eigenvalue weighted by Gasteiger charge is -1.99. The first kappa shape index (κ1) is 11.2. The Bertz CT molecular complexity index is 403. The molecule has 0 atom stereocenters. The molecule has 2 aromatic rings. The Kier molecular flexibility index (Phi) is 3.85. The molecule has 4 heteroatoms. The summed E-state index contributed by atoms with van der Waals surface area (Å²) in [5.41, 5.74) is 7.40. The minimum atomic E-state index is 0.514. The van der Waals surface area contributed by atoms with Crippen molar-refractivity contribution in [1.29, 1.82) is 0 Å². The first-order chi connectivity index (χ1) is 7.25. The van der Waals surface area contributed by atoms with Crippen LogP contribution in [0, 0.1) is 6.92 Å². The van der Waals surface area contributed by atoms with Gasteiger partial charge in [-0.3, -0.25) is 4.98 Å². The van der Waals surface area contributed by atoms with E-state index in [9.17, 15) is 0 Å². The molecule has 2 N–H and O–H groups in total. The minimum Gasteiger partial charge on any atom is -0.382 e. The summed E-state index contributed by atoms with van der Waals surface area (Å²) >= 11 is 0. The molecule has 0 saturated heterocycles. The summed E-state index contributed by atoms with van der Waals surface area (Å²) in [5.74, 6) is 0.514. The fraction of sp³-hybridized carbons (Fsp3) is 0.273. The summed E-state index contributed by atoms with van der Waals surface area (Å²) in [6, 6.07) is 5.64. The van der Waals surface area contributed by atoms with Gasteiger partial charge in [-0.1, -0.05) is 13.8 Å². The molecule has 0 aliphatic heterocycles. The number of nitrogens with zero attached hydrogens (tertiary/aromatic N) is 3. The number of hydrogen-bond donors (Lipinski definition) is 1. The van der Waals surface area contributed by atoms with Crippen molar-refractivity contribution in [3.05, 3.63) is 36.3 Å². The molecule has 4 nitrogen and oxygen atoms in total. The van der Waals surface area contributed by atoms with Crippen LogP contribution in [0.25, 0.3) is 5.69 Å². The molecule has 80 valence electrons. The maximum Gasteiger partial charge on any atom is 0.145 e. The molecule has 0 bridgehead atoms. The largest absolute Gasteiger partial charge is 0.382 e. The van der Waals surface area contributed by atoms with Crippen molar-refractivity contribution in [3.63, 3.8) is 0 Å². The van der Waals surface area contributed by atoms with E-state index >= 15 is 0 Å². The van der Waals surface area contributed by atoms with Gasteiger partial charge in [-0.05, 0) is 19.1 Å². The average molecular weight is 204 g/mol. The van der Waals surface area contributed by atoms with Crippen molar-refractivity contribution in [3.8, 4) is 5.69 Å². The van der Waals surface area contributed by atoms with Crippen molar-refractivity contribution < 1.29 is 0 Å². The molecular formula is C11H16N4. The van der Waals surface area contributed by atoms with Crippen LogP contribution in [-0.4, -0.2) is 14.8 Å². The number of aromatic nitrogens is 3. The lowest BCUT2D eigenvalue weighted by Crippen LogP contribution is -1.97. The van der Waals surface area contributed by atoms with E-state index < -0.39 is 0 Å². The topological polar surface area (TPSA) is 56.7 Å². The van der Waals surface area contributed by atoms with Crippen LogP contribution in [0.2, 0.25) is 0 Å². The lowest BCUT2D eigenvalue weighted by molar-refractivity contribution is 0.877. The van der Waals surface area contributed by atoms with Crippen molar-refractivity contribution in [2.24, 2.45) is 0 Å². The summed E-state index contributed by atoms with van der Waals surface area (Å²) in [5, 5.41) is 4.07. The van der Waals surface area contributed by atoms with Crippen molar-refractivity contribution in [2.75, 3.05) is 5.73 Å². The van der Waals surface area contributed by atoms with E-state index in [1.54, 1.807) is 16.9 Å². The molecule has 0 amide bonds. The predicted octanol–water partition coefficient (Wildman–Crippen LogP) is 2.18. The third-order valence-electron chi connectivity index (χ3n) is 1.77. The van der Waals surface area contributed by atoms with E-state index in [0.717, 1.165) is 11.4 Å². The molecule has 0 radical (unpaired) electrons. The Morgan fingerprint density at radius 3 is 2.40 bits per heavy atom. The van der Waals surface area contributed by atoms with Crippen LogP contribution < -0.4 is 5.73 Å². The molecule has 0 spiro atoms. The smallest absolute Gasteiger partial charge is 0.145 e. The van der Waals surface area contributed by atoms with Crippen LogP contribution in [0.3, 0.4) is 0 Å². The van der Waals surface area contributed by atoms with Gasteiger partial charge in [0, 0.05) is 18.0 Å². The second-order valence-corrected chi connectivity index (χ2v) is 2.84. The summed E-state index contributed by atoms with van der Waals surface area (Å²) in [6.07, 6.45) is 3.57. The maximum absolute atomic E-state index is 5.49. The number of pyridine rings is 1. The van der Waals surface area contributed by atoms with Crippen LogP contribution in [0.5, 0.6) is 0 Å². The zero-order chi connectivity index (χ0) is 11.3. The summed E-state index contributed by atoms with van der Waals surface area (Å²) in [7, 11) is 0. The number of aryl methyl sites for hydroxylation is 1. The standard InChI is InChI=1S/C9H10N4.C2H6/c1-7-2-3-8(6-11-7)13-5-4-9(10)12-13;1-2/h2-6H,1H3,(H2,10,12);1-2H3. The fourth-order valence-electron chi connectivity index (χ4n) is 1.08. The molecule has 2 heterocycles. The van der Waals surface area contributed by atoms with Gasteiger partial charge in [0.1, 0.15) is 5.82 Å². The van der Waals surface area contributed by atoms with E-state index in [4.69, 9.17) is 5.73 Å². The van der Waals surface area contributed by atoms with E-state index in [1.807, 2.05) is 39.1 Å². The van der Waals surface area contributed by atoms with Crippen molar-refractivity contribution in [2.45, 2.75) is 20.8 Å². The Balaban J connectivity index is 0.000000531. The van der Waals surface area contributed by atoms with Crippen molar-refractivity contribution >= 4 is 5.82 Å². The maximum atomic E-state index is 5.49. The highest BCUT2D eigenvalue weighted by atomic mass is 15.3. The van der Waals surface area contributed by atoms with E-state index in [0.29, 0.717) is 5.82 Å². The third kappa shape index (κ3) is 2.80. The molecule has 0 aliphatic carbocycles. The van der Waals surface area contributed by atoms with Gasteiger partial charge in [0.25, 0.3) is 0 Å². The number of anilines is 1. The van der Waals surface area contributed by atoms with Gasteiger partial charge in [0.05, 0.1) is 11.9 Å². The van der Waals surface area contributed by atoms with Crippen LogP contribution in [0.15, 0.2) is 30.6 Å². The summed E-state index contributed by atoms with van der Waals surface area (Å²) in [6.45, 7) is 5.95. The second-order valence-electron chi connectivity index (χ2n) is 2.84. The molecule has 0 unspecified atom stereocenters. The first-order valence-electron chi connectivity index (χ1n) is 5.00. The summed E-state index contributed by atoms with van der Waals surface area (Å²) in [4.78, 5) is 4.16. The molecule has 2 aromatic heterocycles. The Hall–Kier alpha value is -1.84. The first-order valence-corrected chi connectivity index (χ1v) is 5.00.